The molecule has 0 bridgehead atoms. The molecule has 1 aliphatic heterocycles. The Balaban J connectivity index is 1.77. The van der Waals surface area contributed by atoms with Crippen molar-refractivity contribution < 1.29 is 22.7 Å². The standard InChI is InChI=1S/C18H18F3N3O2/c1-11-2-5-16(23-9-11)26-13-6-7-24(10-13)15-4-3-12(18(19,20)21)8-14(15)17(22)25/h2-5,8-9,13H,6-7,10H2,1H3,(H2,22,25)/t13-/m0/s1. The van der Waals surface area contributed by atoms with E-state index in [1.165, 1.54) is 6.07 Å². The molecule has 2 heterocycles. The number of anilines is 1. The molecule has 138 valence electrons. The Hall–Kier alpha value is -2.77. The summed E-state index contributed by atoms with van der Waals surface area (Å²) in [6.45, 7) is 2.90. The van der Waals surface area contributed by atoms with Gasteiger partial charge in [0.05, 0.1) is 17.7 Å². The van der Waals surface area contributed by atoms with E-state index in [2.05, 4.69) is 4.98 Å². The lowest BCUT2D eigenvalue weighted by molar-refractivity contribution is -0.137. The van der Waals surface area contributed by atoms with Crippen LogP contribution in [-0.4, -0.2) is 30.1 Å². The van der Waals surface area contributed by atoms with E-state index < -0.39 is 17.6 Å². The van der Waals surface area contributed by atoms with Crippen LogP contribution in [0.4, 0.5) is 18.9 Å². The van der Waals surface area contributed by atoms with Gasteiger partial charge >= 0.3 is 6.18 Å². The topological polar surface area (TPSA) is 68.5 Å². The highest BCUT2D eigenvalue weighted by Crippen LogP contribution is 2.34. The van der Waals surface area contributed by atoms with Gasteiger partial charge in [-0.25, -0.2) is 4.98 Å². The molecule has 26 heavy (non-hydrogen) atoms. The van der Waals surface area contributed by atoms with E-state index in [4.69, 9.17) is 10.5 Å². The van der Waals surface area contributed by atoms with E-state index in [1.54, 1.807) is 17.2 Å². The number of carbonyl (C=O) groups is 1. The van der Waals surface area contributed by atoms with Crippen LogP contribution in [0, 0.1) is 6.92 Å². The zero-order valence-corrected chi connectivity index (χ0v) is 14.1. The zero-order chi connectivity index (χ0) is 18.9. The van der Waals surface area contributed by atoms with Crippen molar-refractivity contribution in [2.75, 3.05) is 18.0 Å². The molecule has 0 unspecified atom stereocenters. The molecule has 1 aliphatic rings. The van der Waals surface area contributed by atoms with Crippen LogP contribution in [0.1, 0.15) is 27.9 Å². The number of nitrogens with two attached hydrogens (primary N) is 1. The fourth-order valence-corrected chi connectivity index (χ4v) is 2.92. The third-order valence-corrected chi connectivity index (χ3v) is 4.25. The molecular formula is C18H18F3N3O2. The van der Waals surface area contributed by atoms with Crippen LogP contribution in [0.2, 0.25) is 0 Å². The van der Waals surface area contributed by atoms with Crippen molar-refractivity contribution in [3.8, 4) is 5.88 Å². The van der Waals surface area contributed by atoms with Gasteiger partial charge in [0, 0.05) is 30.9 Å². The largest absolute Gasteiger partial charge is 0.472 e. The van der Waals surface area contributed by atoms with Crippen LogP contribution in [0.25, 0.3) is 0 Å². The fraction of sp³-hybridized carbons (Fsp3) is 0.333. The first-order valence-corrected chi connectivity index (χ1v) is 8.09. The first-order chi connectivity index (χ1) is 12.2. The number of primary amides is 1. The maximum absolute atomic E-state index is 12.9. The van der Waals surface area contributed by atoms with Crippen LogP contribution in [0.5, 0.6) is 5.88 Å². The summed E-state index contributed by atoms with van der Waals surface area (Å²) in [6, 6.07) is 6.70. The van der Waals surface area contributed by atoms with Crippen LogP contribution >= 0.6 is 0 Å². The lowest BCUT2D eigenvalue weighted by atomic mass is 10.1. The highest BCUT2D eigenvalue weighted by Gasteiger charge is 2.33. The minimum absolute atomic E-state index is 0.145. The van der Waals surface area contributed by atoms with Gasteiger partial charge in [-0.3, -0.25) is 4.79 Å². The van der Waals surface area contributed by atoms with Crippen molar-refractivity contribution in [2.24, 2.45) is 5.73 Å². The third kappa shape index (κ3) is 3.89. The zero-order valence-electron chi connectivity index (χ0n) is 14.1. The Morgan fingerprint density at radius 1 is 1.31 bits per heavy atom. The van der Waals surface area contributed by atoms with Gasteiger partial charge in [0.1, 0.15) is 6.10 Å². The highest BCUT2D eigenvalue weighted by molar-refractivity contribution is 5.99. The number of halogens is 3. The van der Waals surface area contributed by atoms with Gasteiger partial charge in [0.25, 0.3) is 5.91 Å². The summed E-state index contributed by atoms with van der Waals surface area (Å²) in [4.78, 5) is 17.6. The van der Waals surface area contributed by atoms with Crippen molar-refractivity contribution >= 4 is 11.6 Å². The number of hydrogen-bond acceptors (Lipinski definition) is 4. The van der Waals surface area contributed by atoms with Crippen molar-refractivity contribution in [1.82, 2.24) is 4.98 Å². The number of aromatic nitrogens is 1. The minimum Gasteiger partial charge on any atom is -0.472 e. The Kier molecular flexibility index (Phi) is 4.76. The molecule has 1 aromatic heterocycles. The normalized spacial score (nSPS) is 17.4. The monoisotopic (exact) mass is 365 g/mol. The van der Waals surface area contributed by atoms with Crippen LogP contribution in [-0.2, 0) is 6.18 Å². The Bertz CT molecular complexity index is 806. The number of carbonyl (C=O) groups excluding carboxylic acids is 1. The predicted molar refractivity (Wildman–Crippen MR) is 90.2 cm³/mol. The number of rotatable bonds is 4. The maximum atomic E-state index is 12.9. The molecule has 0 aliphatic carbocycles. The quantitative estimate of drug-likeness (QED) is 0.904. The molecule has 1 atom stereocenters. The second kappa shape index (κ2) is 6.86. The van der Waals surface area contributed by atoms with Gasteiger partial charge in [-0.1, -0.05) is 6.07 Å². The van der Waals surface area contributed by atoms with Gasteiger partial charge in [-0.2, -0.15) is 13.2 Å². The van der Waals surface area contributed by atoms with Crippen molar-refractivity contribution in [3.05, 3.63) is 53.2 Å². The lowest BCUT2D eigenvalue weighted by Gasteiger charge is -2.22. The average Bonchev–Trinajstić information content (AvgIpc) is 3.04. The molecule has 8 heteroatoms. The number of ether oxygens (including phenoxy) is 1. The molecule has 2 aromatic rings. The summed E-state index contributed by atoms with van der Waals surface area (Å²) < 4.78 is 44.5. The summed E-state index contributed by atoms with van der Waals surface area (Å²) in [6.07, 6.45) is -2.35. The molecule has 1 aromatic carbocycles. The molecule has 1 fully saturated rings. The average molecular weight is 365 g/mol. The second-order valence-corrected chi connectivity index (χ2v) is 6.24. The number of amides is 1. The first-order valence-electron chi connectivity index (χ1n) is 8.09. The number of benzene rings is 1. The van der Waals surface area contributed by atoms with E-state index >= 15 is 0 Å². The van der Waals surface area contributed by atoms with E-state index in [9.17, 15) is 18.0 Å². The van der Waals surface area contributed by atoms with Crippen molar-refractivity contribution in [1.29, 1.82) is 0 Å². The first kappa shape index (κ1) is 18.0. The number of alkyl halides is 3. The molecule has 1 saturated heterocycles. The molecule has 0 saturated carbocycles. The predicted octanol–water partition coefficient (Wildman–Crippen LogP) is 3.17. The second-order valence-electron chi connectivity index (χ2n) is 6.24. The Morgan fingerprint density at radius 2 is 2.08 bits per heavy atom. The van der Waals surface area contributed by atoms with E-state index in [-0.39, 0.29) is 11.7 Å². The molecule has 0 radical (unpaired) electrons. The van der Waals surface area contributed by atoms with Crippen LogP contribution in [0.3, 0.4) is 0 Å². The van der Waals surface area contributed by atoms with E-state index in [1.807, 2.05) is 13.0 Å². The van der Waals surface area contributed by atoms with E-state index in [0.29, 0.717) is 31.1 Å². The minimum atomic E-state index is -4.53. The Morgan fingerprint density at radius 3 is 2.69 bits per heavy atom. The van der Waals surface area contributed by atoms with Gasteiger partial charge in [0.2, 0.25) is 5.88 Å². The number of aryl methyl sites for hydroxylation is 1. The molecule has 2 N–H and O–H groups in total. The van der Waals surface area contributed by atoms with Crippen molar-refractivity contribution in [2.45, 2.75) is 25.6 Å². The van der Waals surface area contributed by atoms with Gasteiger partial charge < -0.3 is 15.4 Å². The van der Waals surface area contributed by atoms with E-state index in [0.717, 1.165) is 17.7 Å². The molecule has 0 spiro atoms. The maximum Gasteiger partial charge on any atom is 0.416 e. The summed E-state index contributed by atoms with van der Waals surface area (Å²) in [5, 5.41) is 0. The van der Waals surface area contributed by atoms with Gasteiger partial charge in [-0.05, 0) is 30.7 Å². The molecule has 1 amide bonds. The summed E-state index contributed by atoms with van der Waals surface area (Å²) >= 11 is 0. The SMILES string of the molecule is Cc1ccc(O[C@H]2CCN(c3ccc(C(F)(F)F)cc3C(N)=O)C2)nc1. The van der Waals surface area contributed by atoms with Crippen molar-refractivity contribution in [3.63, 3.8) is 0 Å². The molecular weight excluding hydrogens is 347 g/mol. The summed E-state index contributed by atoms with van der Waals surface area (Å²) in [5.41, 5.74) is 5.65. The smallest absolute Gasteiger partial charge is 0.416 e. The number of pyridine rings is 1. The fourth-order valence-electron chi connectivity index (χ4n) is 2.92. The number of hydrogen-bond donors (Lipinski definition) is 1. The van der Waals surface area contributed by atoms with Gasteiger partial charge in [-0.15, -0.1) is 0 Å². The van der Waals surface area contributed by atoms with Gasteiger partial charge in [0.15, 0.2) is 0 Å². The lowest BCUT2D eigenvalue weighted by Crippen LogP contribution is -2.27. The molecule has 3 rings (SSSR count). The molecule has 5 nitrogen and oxygen atoms in total. The summed E-state index contributed by atoms with van der Waals surface area (Å²) in [5.74, 6) is -0.402. The summed E-state index contributed by atoms with van der Waals surface area (Å²) in [7, 11) is 0. The third-order valence-electron chi connectivity index (χ3n) is 4.25. The highest BCUT2D eigenvalue weighted by atomic mass is 19.4. The number of nitrogens with zero attached hydrogens (tertiary/aromatic N) is 2. The van der Waals surface area contributed by atoms with Crippen LogP contribution < -0.4 is 15.4 Å². The Labute approximate surface area is 148 Å². The van der Waals surface area contributed by atoms with Crippen LogP contribution in [0.15, 0.2) is 36.5 Å².